The first-order valence-corrected chi connectivity index (χ1v) is 8.27. The summed E-state index contributed by atoms with van der Waals surface area (Å²) in [6, 6.07) is 5.23. The highest BCUT2D eigenvalue weighted by Crippen LogP contribution is 2.27. The van der Waals surface area contributed by atoms with Gasteiger partial charge in [-0.2, -0.15) is 5.54 Å². The summed E-state index contributed by atoms with van der Waals surface area (Å²) in [4.78, 5) is 23.0. The quantitative estimate of drug-likeness (QED) is 0.298. The summed E-state index contributed by atoms with van der Waals surface area (Å²) in [5, 5.41) is 39.2. The summed E-state index contributed by atoms with van der Waals surface area (Å²) in [7, 11) is 0. The Kier molecular flexibility index (Phi) is 5.91. The number of fused-ring (bicyclic) bond motifs is 1. The van der Waals surface area contributed by atoms with Gasteiger partial charge in [-0.25, -0.2) is 4.79 Å². The Morgan fingerprint density at radius 2 is 1.93 bits per heavy atom. The summed E-state index contributed by atoms with van der Waals surface area (Å²) >= 11 is 0. The smallest absolute Gasteiger partial charge is 0.336 e. The van der Waals surface area contributed by atoms with E-state index in [4.69, 9.17) is 13.9 Å². The molecule has 3 rings (SSSR count). The van der Waals surface area contributed by atoms with Crippen LogP contribution in [0.1, 0.15) is 5.56 Å². The molecule has 11 heteroatoms. The lowest BCUT2D eigenvalue weighted by molar-refractivity contribution is -0.277. The molecule has 1 aliphatic heterocycles. The summed E-state index contributed by atoms with van der Waals surface area (Å²) in [6.45, 7) is -0.614. The molecule has 2 heterocycles. The lowest BCUT2D eigenvalue weighted by atomic mass is 9.99. The molecule has 1 fully saturated rings. The van der Waals surface area contributed by atoms with Gasteiger partial charge in [-0.05, 0) is 17.7 Å². The molecule has 5 unspecified atom stereocenters. The molecular weight excluding hydrogens is 381 g/mol. The maximum absolute atomic E-state index is 12.2. The third-order valence-corrected chi connectivity index (χ3v) is 4.36. The van der Waals surface area contributed by atoms with Crippen molar-refractivity contribution in [1.29, 1.82) is 0 Å². The van der Waals surface area contributed by atoms with E-state index < -0.39 is 48.8 Å². The van der Waals surface area contributed by atoms with Crippen molar-refractivity contribution in [2.24, 2.45) is 0 Å². The third kappa shape index (κ3) is 3.98. The van der Waals surface area contributed by atoms with Crippen molar-refractivity contribution >= 4 is 16.9 Å². The number of aliphatic hydroxyl groups is 4. The van der Waals surface area contributed by atoms with Crippen molar-refractivity contribution in [3.63, 3.8) is 0 Å². The van der Waals surface area contributed by atoms with E-state index in [9.17, 15) is 34.5 Å². The topological polar surface area (TPSA) is 159 Å². The van der Waals surface area contributed by atoms with Gasteiger partial charge in [-0.1, -0.05) is 0 Å². The van der Waals surface area contributed by atoms with E-state index >= 15 is 0 Å². The Morgan fingerprint density at radius 1 is 1.18 bits per heavy atom. The van der Waals surface area contributed by atoms with Gasteiger partial charge < -0.3 is 34.3 Å². The predicted octanol–water partition coefficient (Wildman–Crippen LogP) is -1.49. The zero-order chi connectivity index (χ0) is 20.4. The van der Waals surface area contributed by atoms with Crippen LogP contribution in [0.25, 0.3) is 11.0 Å². The number of rotatable bonds is 5. The van der Waals surface area contributed by atoms with Gasteiger partial charge in [0.1, 0.15) is 35.7 Å². The number of hydrogen-bond donors (Lipinski definition) is 5. The minimum Gasteiger partial charge on any atom is -0.462 e. The molecule has 152 valence electrons. The molecule has 28 heavy (non-hydrogen) atoms. The first-order valence-electron chi connectivity index (χ1n) is 8.27. The van der Waals surface area contributed by atoms with Gasteiger partial charge in [0.05, 0.1) is 13.0 Å². The number of carbonyl (C=O) groups is 1. The fraction of sp³-hybridized carbons (Fsp3) is 0.412. The summed E-state index contributed by atoms with van der Waals surface area (Å²) in [5.74, 6) is -0.861. The first-order chi connectivity index (χ1) is 13.3. The molecule has 1 saturated heterocycles. The monoisotopic (exact) mass is 399 g/mol. The van der Waals surface area contributed by atoms with Crippen molar-refractivity contribution in [2.75, 3.05) is 6.61 Å². The molecule has 10 nitrogen and oxygen atoms in total. The normalized spacial score (nSPS) is 27.5. The average molecular weight is 399 g/mol. The zero-order valence-electron chi connectivity index (χ0n) is 14.3. The van der Waals surface area contributed by atoms with Gasteiger partial charge in [0.15, 0.2) is 0 Å². The van der Waals surface area contributed by atoms with Crippen molar-refractivity contribution < 1.29 is 43.6 Å². The highest BCUT2D eigenvalue weighted by molar-refractivity contribution is 5.87. The average Bonchev–Trinajstić information content (AvgIpc) is 2.67. The van der Waals surface area contributed by atoms with Gasteiger partial charge >= 0.3 is 5.63 Å². The Hall–Kier alpha value is -2.57. The van der Waals surface area contributed by atoms with Gasteiger partial charge in [0.2, 0.25) is 6.29 Å². The van der Waals surface area contributed by atoms with Crippen LogP contribution in [0.4, 0.5) is 4.48 Å². The Labute approximate surface area is 156 Å². The van der Waals surface area contributed by atoms with Gasteiger partial charge in [-0.15, -0.1) is 4.48 Å². The SMILES string of the molecule is O=C(Cc1cc(=O)oc2cc(OC3OC(CO)C(O)C(O)C3O)ccc12)NF. The number of benzene rings is 1. The molecule has 1 aliphatic rings. The van der Waals surface area contributed by atoms with Crippen molar-refractivity contribution in [1.82, 2.24) is 5.54 Å². The van der Waals surface area contributed by atoms with E-state index in [-0.39, 0.29) is 23.3 Å². The number of halogens is 1. The fourth-order valence-corrected chi connectivity index (χ4v) is 2.94. The highest BCUT2D eigenvalue weighted by atomic mass is 19.2. The molecule has 1 aromatic carbocycles. The van der Waals surface area contributed by atoms with E-state index in [1.165, 1.54) is 18.2 Å². The lowest BCUT2D eigenvalue weighted by Gasteiger charge is -2.39. The van der Waals surface area contributed by atoms with Crippen molar-refractivity contribution in [2.45, 2.75) is 37.1 Å². The minimum atomic E-state index is -1.61. The van der Waals surface area contributed by atoms with Crippen LogP contribution in [-0.4, -0.2) is 63.6 Å². The van der Waals surface area contributed by atoms with Crippen molar-refractivity contribution in [3.05, 3.63) is 40.2 Å². The second kappa shape index (κ2) is 8.20. The van der Waals surface area contributed by atoms with E-state index in [0.29, 0.717) is 5.39 Å². The molecule has 0 aliphatic carbocycles. The molecule has 5 atom stereocenters. The zero-order valence-corrected chi connectivity index (χ0v) is 14.3. The third-order valence-electron chi connectivity index (χ3n) is 4.36. The van der Waals surface area contributed by atoms with Crippen LogP contribution >= 0.6 is 0 Å². The van der Waals surface area contributed by atoms with Crippen LogP contribution in [-0.2, 0) is 16.0 Å². The number of ether oxygens (including phenoxy) is 2. The Morgan fingerprint density at radius 3 is 2.61 bits per heavy atom. The maximum Gasteiger partial charge on any atom is 0.336 e. The Balaban J connectivity index is 1.88. The summed E-state index contributed by atoms with van der Waals surface area (Å²) in [6.07, 6.45) is -7.70. The van der Waals surface area contributed by atoms with E-state index in [1.54, 1.807) is 0 Å². The van der Waals surface area contributed by atoms with Crippen LogP contribution in [0.5, 0.6) is 5.75 Å². The molecule has 1 aromatic heterocycles. The molecule has 0 spiro atoms. The second-order valence-corrected chi connectivity index (χ2v) is 6.26. The predicted molar refractivity (Wildman–Crippen MR) is 89.8 cm³/mol. The number of amides is 1. The molecule has 5 N–H and O–H groups in total. The first kappa shape index (κ1) is 20.2. The number of hydrogen-bond acceptors (Lipinski definition) is 9. The summed E-state index contributed by atoms with van der Waals surface area (Å²) in [5.41, 5.74) is 0.491. The number of aliphatic hydroxyl groups excluding tert-OH is 4. The molecule has 0 radical (unpaired) electrons. The lowest BCUT2D eigenvalue weighted by Crippen LogP contribution is -2.60. The van der Waals surface area contributed by atoms with E-state index in [0.717, 1.165) is 11.6 Å². The van der Waals surface area contributed by atoms with Crippen LogP contribution in [0.2, 0.25) is 0 Å². The summed E-state index contributed by atoms with van der Waals surface area (Å²) < 4.78 is 28.0. The van der Waals surface area contributed by atoms with E-state index in [1.807, 2.05) is 0 Å². The molecule has 2 aromatic rings. The van der Waals surface area contributed by atoms with Crippen LogP contribution in [0.3, 0.4) is 0 Å². The highest BCUT2D eigenvalue weighted by Gasteiger charge is 2.44. The number of nitrogens with one attached hydrogen (secondary N) is 1. The van der Waals surface area contributed by atoms with Crippen LogP contribution < -0.4 is 15.9 Å². The van der Waals surface area contributed by atoms with E-state index in [2.05, 4.69) is 0 Å². The van der Waals surface area contributed by atoms with Gasteiger partial charge in [0, 0.05) is 17.5 Å². The van der Waals surface area contributed by atoms with Gasteiger partial charge in [-0.3, -0.25) is 4.79 Å². The largest absolute Gasteiger partial charge is 0.462 e. The van der Waals surface area contributed by atoms with Crippen molar-refractivity contribution in [3.8, 4) is 5.75 Å². The number of carbonyl (C=O) groups excluding carboxylic acids is 1. The standard InChI is InChI=1S/C17H18FNO9/c18-19-12(21)3-7-4-13(22)27-10-5-8(1-2-9(7)10)26-17-16(25)15(24)14(23)11(6-20)28-17/h1-2,4-5,11,14-17,20,23-25H,3,6H2,(H,19,21). The molecule has 1 amide bonds. The molecule has 0 saturated carbocycles. The van der Waals surface area contributed by atoms with Crippen LogP contribution in [0, 0.1) is 0 Å². The molecule has 0 bridgehead atoms. The Bertz CT molecular complexity index is 915. The fourth-order valence-electron chi connectivity index (χ4n) is 2.94. The second-order valence-electron chi connectivity index (χ2n) is 6.26. The van der Waals surface area contributed by atoms with Crippen LogP contribution in [0.15, 0.2) is 33.5 Å². The maximum atomic E-state index is 12.2. The van der Waals surface area contributed by atoms with Gasteiger partial charge in [0.25, 0.3) is 5.91 Å². The molecular formula is C17H18FNO9. The minimum absolute atomic E-state index is 0.0382.